The number of nitrogens with one attached hydrogen (secondary N) is 1. The Balaban J connectivity index is 1.56. The van der Waals surface area contributed by atoms with Gasteiger partial charge >= 0.3 is 0 Å². The normalized spacial score (nSPS) is 10.6. The summed E-state index contributed by atoms with van der Waals surface area (Å²) in [6.45, 7) is 2.39. The lowest BCUT2D eigenvalue weighted by Crippen LogP contribution is -2.25. The van der Waals surface area contributed by atoms with Crippen LogP contribution in [-0.4, -0.2) is 22.2 Å². The number of carbonyl (C=O) groups excluding carboxylic acids is 1. The fraction of sp³-hybridized carbons (Fsp3) is 0.176. The number of carbonyl (C=O) groups is 1. The number of rotatable bonds is 5. The largest absolute Gasteiger partial charge is 0.361 e. The van der Waals surface area contributed by atoms with Crippen molar-refractivity contribution in [2.45, 2.75) is 13.3 Å². The van der Waals surface area contributed by atoms with Crippen LogP contribution in [0.3, 0.4) is 0 Å². The SMILES string of the molecule is Cc1cc(CCNC(=O)c2ccc(-n3cccc3)cc2)on1. The monoisotopic (exact) mass is 295 g/mol. The molecule has 0 saturated carbocycles. The van der Waals surface area contributed by atoms with E-state index in [0.717, 1.165) is 17.1 Å². The Kier molecular flexibility index (Phi) is 4.05. The summed E-state index contributed by atoms with van der Waals surface area (Å²) in [5, 5.41) is 6.69. The molecule has 5 heteroatoms. The van der Waals surface area contributed by atoms with Crippen LogP contribution in [0.15, 0.2) is 59.4 Å². The van der Waals surface area contributed by atoms with Crippen LogP contribution in [0.25, 0.3) is 5.69 Å². The molecule has 1 N–H and O–H groups in total. The third-order valence-electron chi connectivity index (χ3n) is 3.37. The minimum atomic E-state index is -0.0877. The molecule has 3 aromatic rings. The van der Waals surface area contributed by atoms with E-state index in [1.807, 2.05) is 66.3 Å². The molecule has 0 unspecified atom stereocenters. The second kappa shape index (κ2) is 6.30. The fourth-order valence-corrected chi connectivity index (χ4v) is 2.23. The Morgan fingerprint density at radius 3 is 2.59 bits per heavy atom. The average molecular weight is 295 g/mol. The van der Waals surface area contributed by atoms with Gasteiger partial charge in [-0.2, -0.15) is 0 Å². The summed E-state index contributed by atoms with van der Waals surface area (Å²) in [6.07, 6.45) is 4.57. The molecule has 3 rings (SSSR count). The van der Waals surface area contributed by atoms with Gasteiger partial charge in [0.25, 0.3) is 5.91 Å². The van der Waals surface area contributed by atoms with Crippen molar-refractivity contribution < 1.29 is 9.32 Å². The van der Waals surface area contributed by atoms with Crippen LogP contribution in [0.2, 0.25) is 0 Å². The third kappa shape index (κ3) is 3.25. The van der Waals surface area contributed by atoms with Gasteiger partial charge in [-0.1, -0.05) is 5.16 Å². The Bertz CT molecular complexity index is 743. The maximum absolute atomic E-state index is 12.1. The van der Waals surface area contributed by atoms with Gasteiger partial charge in [-0.25, -0.2) is 0 Å². The highest BCUT2D eigenvalue weighted by Gasteiger charge is 2.06. The van der Waals surface area contributed by atoms with Crippen molar-refractivity contribution in [2.75, 3.05) is 6.54 Å². The van der Waals surface area contributed by atoms with Crippen molar-refractivity contribution in [1.82, 2.24) is 15.0 Å². The van der Waals surface area contributed by atoms with Crippen molar-refractivity contribution in [1.29, 1.82) is 0 Å². The van der Waals surface area contributed by atoms with Gasteiger partial charge in [-0.3, -0.25) is 4.79 Å². The maximum atomic E-state index is 12.1. The van der Waals surface area contributed by atoms with Gasteiger partial charge in [0.05, 0.1) is 5.69 Å². The lowest BCUT2D eigenvalue weighted by atomic mass is 10.2. The molecule has 5 nitrogen and oxygen atoms in total. The van der Waals surface area contributed by atoms with E-state index in [2.05, 4.69) is 10.5 Å². The van der Waals surface area contributed by atoms with Gasteiger partial charge < -0.3 is 14.4 Å². The Labute approximate surface area is 128 Å². The smallest absolute Gasteiger partial charge is 0.251 e. The first kappa shape index (κ1) is 14.1. The zero-order valence-corrected chi connectivity index (χ0v) is 12.3. The van der Waals surface area contributed by atoms with Gasteiger partial charge in [0.1, 0.15) is 5.76 Å². The van der Waals surface area contributed by atoms with E-state index in [-0.39, 0.29) is 5.91 Å². The molecular formula is C17H17N3O2. The number of benzene rings is 1. The number of aromatic nitrogens is 2. The molecule has 0 atom stereocenters. The molecule has 112 valence electrons. The number of hydrogen-bond donors (Lipinski definition) is 1. The van der Waals surface area contributed by atoms with Crippen molar-refractivity contribution in [3.05, 3.63) is 71.9 Å². The van der Waals surface area contributed by atoms with E-state index in [0.29, 0.717) is 18.5 Å². The summed E-state index contributed by atoms with van der Waals surface area (Å²) < 4.78 is 7.10. The molecule has 1 aromatic carbocycles. The van der Waals surface area contributed by atoms with E-state index < -0.39 is 0 Å². The third-order valence-corrected chi connectivity index (χ3v) is 3.37. The molecule has 0 bridgehead atoms. The van der Waals surface area contributed by atoms with E-state index >= 15 is 0 Å². The predicted octanol–water partition coefficient (Wildman–Crippen LogP) is 2.75. The second-order valence-electron chi connectivity index (χ2n) is 5.08. The first-order valence-corrected chi connectivity index (χ1v) is 7.16. The van der Waals surface area contributed by atoms with E-state index in [9.17, 15) is 4.79 Å². The molecule has 0 saturated heterocycles. The van der Waals surface area contributed by atoms with Gasteiger partial charge in [0.2, 0.25) is 0 Å². The van der Waals surface area contributed by atoms with Crippen molar-refractivity contribution >= 4 is 5.91 Å². The van der Waals surface area contributed by atoms with Crippen LogP contribution in [0.4, 0.5) is 0 Å². The van der Waals surface area contributed by atoms with Crippen LogP contribution in [0, 0.1) is 6.92 Å². The van der Waals surface area contributed by atoms with Gasteiger partial charge in [0, 0.05) is 42.7 Å². The molecule has 0 spiro atoms. The Morgan fingerprint density at radius 1 is 1.23 bits per heavy atom. The first-order valence-electron chi connectivity index (χ1n) is 7.16. The van der Waals surface area contributed by atoms with Gasteiger partial charge in [-0.05, 0) is 43.3 Å². The topological polar surface area (TPSA) is 60.1 Å². The summed E-state index contributed by atoms with van der Waals surface area (Å²) in [7, 11) is 0. The van der Waals surface area contributed by atoms with Crippen molar-refractivity contribution in [3.63, 3.8) is 0 Å². The number of amides is 1. The summed E-state index contributed by atoms with van der Waals surface area (Å²) in [4.78, 5) is 12.1. The van der Waals surface area contributed by atoms with Crippen LogP contribution in [0.5, 0.6) is 0 Å². The molecular weight excluding hydrogens is 278 g/mol. The molecule has 1 amide bonds. The first-order chi connectivity index (χ1) is 10.7. The maximum Gasteiger partial charge on any atom is 0.251 e. The lowest BCUT2D eigenvalue weighted by Gasteiger charge is -2.06. The van der Waals surface area contributed by atoms with Crippen molar-refractivity contribution in [3.8, 4) is 5.69 Å². The van der Waals surface area contributed by atoms with Crippen LogP contribution in [-0.2, 0) is 6.42 Å². The lowest BCUT2D eigenvalue weighted by molar-refractivity contribution is 0.0953. The predicted molar refractivity (Wildman–Crippen MR) is 83.0 cm³/mol. The summed E-state index contributed by atoms with van der Waals surface area (Å²) in [5.41, 5.74) is 2.52. The molecule has 0 aliphatic rings. The Hall–Kier alpha value is -2.82. The van der Waals surface area contributed by atoms with Crippen molar-refractivity contribution in [2.24, 2.45) is 0 Å². The minimum absolute atomic E-state index is 0.0877. The highest BCUT2D eigenvalue weighted by atomic mass is 16.5. The number of aryl methyl sites for hydroxylation is 1. The Morgan fingerprint density at radius 2 is 1.95 bits per heavy atom. The zero-order valence-electron chi connectivity index (χ0n) is 12.3. The van der Waals surface area contributed by atoms with E-state index in [1.54, 1.807) is 0 Å². The highest BCUT2D eigenvalue weighted by molar-refractivity contribution is 5.94. The molecule has 0 aliphatic heterocycles. The van der Waals surface area contributed by atoms with Crippen LogP contribution in [0.1, 0.15) is 21.8 Å². The number of nitrogens with zero attached hydrogens (tertiary/aromatic N) is 2. The van der Waals surface area contributed by atoms with Crippen LogP contribution >= 0.6 is 0 Å². The van der Waals surface area contributed by atoms with Gasteiger partial charge in [0.15, 0.2) is 0 Å². The highest BCUT2D eigenvalue weighted by Crippen LogP contribution is 2.10. The number of hydrogen-bond acceptors (Lipinski definition) is 3. The second-order valence-corrected chi connectivity index (χ2v) is 5.08. The quantitative estimate of drug-likeness (QED) is 0.787. The van der Waals surface area contributed by atoms with E-state index in [1.165, 1.54) is 0 Å². The zero-order chi connectivity index (χ0) is 15.4. The standard InChI is InChI=1S/C17H17N3O2/c1-13-12-16(22-19-13)8-9-18-17(21)14-4-6-15(7-5-14)20-10-2-3-11-20/h2-7,10-12H,8-9H2,1H3,(H,18,21). The molecule has 0 radical (unpaired) electrons. The average Bonchev–Trinajstić information content (AvgIpc) is 3.19. The molecule has 2 aromatic heterocycles. The minimum Gasteiger partial charge on any atom is -0.361 e. The summed E-state index contributed by atoms with van der Waals surface area (Å²) in [6, 6.07) is 13.3. The van der Waals surface area contributed by atoms with E-state index in [4.69, 9.17) is 4.52 Å². The summed E-state index contributed by atoms with van der Waals surface area (Å²) >= 11 is 0. The molecule has 0 aliphatic carbocycles. The molecule has 0 fully saturated rings. The fourth-order valence-electron chi connectivity index (χ4n) is 2.23. The molecule has 22 heavy (non-hydrogen) atoms. The molecule has 2 heterocycles. The van der Waals surface area contributed by atoms with Crippen LogP contribution < -0.4 is 5.32 Å². The van der Waals surface area contributed by atoms with Gasteiger partial charge in [-0.15, -0.1) is 0 Å². The summed E-state index contributed by atoms with van der Waals surface area (Å²) in [5.74, 6) is 0.691.